The molecule has 0 amide bonds. The predicted molar refractivity (Wildman–Crippen MR) is 117 cm³/mol. The lowest BCUT2D eigenvalue weighted by Gasteiger charge is -2.31. The van der Waals surface area contributed by atoms with Crippen molar-refractivity contribution in [2.45, 2.75) is 51.1 Å². The second-order valence-corrected chi connectivity index (χ2v) is 8.24. The standard InChI is InChI=1S/C25H29N3/c1-6-15-28(16-7-1)25-21(17-20-10-3-5-13-23(20)27-25)18-26-24-14-8-11-19-9-2-4-12-22(19)24/h2-5,9-10,12-13,17,24,26H,1,6-8,11,14-16,18H2. The van der Waals surface area contributed by atoms with E-state index >= 15 is 0 Å². The van der Waals surface area contributed by atoms with Crippen molar-refractivity contribution < 1.29 is 0 Å². The maximum Gasteiger partial charge on any atom is 0.133 e. The number of anilines is 1. The number of hydrogen-bond acceptors (Lipinski definition) is 3. The van der Waals surface area contributed by atoms with E-state index < -0.39 is 0 Å². The van der Waals surface area contributed by atoms with Gasteiger partial charge in [0.1, 0.15) is 5.82 Å². The summed E-state index contributed by atoms with van der Waals surface area (Å²) in [5, 5.41) is 5.11. The Labute approximate surface area is 167 Å². The lowest BCUT2D eigenvalue weighted by Crippen LogP contribution is -2.32. The van der Waals surface area contributed by atoms with Crippen LogP contribution in [0.25, 0.3) is 10.9 Å². The minimum absolute atomic E-state index is 0.450. The van der Waals surface area contributed by atoms with Crippen LogP contribution in [0.15, 0.2) is 54.6 Å². The normalized spacial score (nSPS) is 19.6. The highest BCUT2D eigenvalue weighted by Gasteiger charge is 2.21. The molecular weight excluding hydrogens is 342 g/mol. The van der Waals surface area contributed by atoms with Gasteiger partial charge in [-0.25, -0.2) is 4.98 Å². The summed E-state index contributed by atoms with van der Waals surface area (Å²) in [4.78, 5) is 7.59. The molecule has 1 aliphatic heterocycles. The molecule has 1 atom stereocenters. The summed E-state index contributed by atoms with van der Waals surface area (Å²) in [6.07, 6.45) is 7.59. The van der Waals surface area contributed by atoms with E-state index in [1.165, 1.54) is 66.4 Å². The Hall–Kier alpha value is -2.39. The molecule has 3 heteroatoms. The fourth-order valence-corrected chi connectivity index (χ4v) is 4.86. The largest absolute Gasteiger partial charge is 0.356 e. The first-order chi connectivity index (χ1) is 13.9. The van der Waals surface area contributed by atoms with Crippen molar-refractivity contribution >= 4 is 16.7 Å². The van der Waals surface area contributed by atoms with Crippen LogP contribution in [0.1, 0.15) is 54.8 Å². The Morgan fingerprint density at radius 3 is 2.68 bits per heavy atom. The topological polar surface area (TPSA) is 28.2 Å². The average molecular weight is 372 g/mol. The van der Waals surface area contributed by atoms with Gasteiger partial charge in [0.15, 0.2) is 0 Å². The third kappa shape index (κ3) is 3.51. The van der Waals surface area contributed by atoms with Crippen LogP contribution >= 0.6 is 0 Å². The molecule has 1 aliphatic carbocycles. The van der Waals surface area contributed by atoms with E-state index in [9.17, 15) is 0 Å². The van der Waals surface area contributed by atoms with Gasteiger partial charge in [-0.3, -0.25) is 0 Å². The van der Waals surface area contributed by atoms with Crippen LogP contribution in [0.3, 0.4) is 0 Å². The summed E-state index contributed by atoms with van der Waals surface area (Å²) in [5.74, 6) is 1.19. The van der Waals surface area contributed by atoms with Gasteiger partial charge in [0.25, 0.3) is 0 Å². The summed E-state index contributed by atoms with van der Waals surface area (Å²) in [6.45, 7) is 3.14. The van der Waals surface area contributed by atoms with E-state index in [1.807, 2.05) is 0 Å². The van der Waals surface area contributed by atoms with Gasteiger partial charge in [-0.2, -0.15) is 0 Å². The molecule has 2 aromatic carbocycles. The first-order valence-electron chi connectivity index (χ1n) is 10.8. The monoisotopic (exact) mass is 371 g/mol. The van der Waals surface area contributed by atoms with Gasteiger partial charge in [-0.15, -0.1) is 0 Å². The summed E-state index contributed by atoms with van der Waals surface area (Å²) in [5.41, 5.74) is 5.44. The van der Waals surface area contributed by atoms with E-state index in [0.29, 0.717) is 6.04 Å². The van der Waals surface area contributed by atoms with E-state index in [2.05, 4.69) is 64.8 Å². The number of fused-ring (bicyclic) bond motifs is 2. The van der Waals surface area contributed by atoms with Crippen molar-refractivity contribution in [2.24, 2.45) is 0 Å². The molecule has 1 saturated heterocycles. The minimum Gasteiger partial charge on any atom is -0.356 e. The van der Waals surface area contributed by atoms with Crippen LogP contribution < -0.4 is 10.2 Å². The lowest BCUT2D eigenvalue weighted by atomic mass is 9.87. The fraction of sp³-hybridized carbons (Fsp3) is 0.400. The number of aryl methyl sites for hydroxylation is 1. The van der Waals surface area contributed by atoms with E-state index in [1.54, 1.807) is 0 Å². The Morgan fingerprint density at radius 1 is 0.929 bits per heavy atom. The number of para-hydroxylation sites is 1. The van der Waals surface area contributed by atoms with Crippen LogP contribution in [0.5, 0.6) is 0 Å². The van der Waals surface area contributed by atoms with Crippen LogP contribution in [-0.2, 0) is 13.0 Å². The second kappa shape index (κ2) is 7.92. The van der Waals surface area contributed by atoms with E-state index in [0.717, 1.165) is 25.2 Å². The van der Waals surface area contributed by atoms with Gasteiger partial charge in [0.05, 0.1) is 5.52 Å². The number of nitrogens with zero attached hydrogens (tertiary/aromatic N) is 2. The molecule has 1 N–H and O–H groups in total. The smallest absolute Gasteiger partial charge is 0.133 e. The van der Waals surface area contributed by atoms with Crippen LogP contribution in [0.4, 0.5) is 5.82 Å². The van der Waals surface area contributed by atoms with Crippen molar-refractivity contribution in [1.82, 2.24) is 10.3 Å². The van der Waals surface area contributed by atoms with Crippen molar-refractivity contribution in [3.8, 4) is 0 Å². The number of aromatic nitrogens is 1. The quantitative estimate of drug-likeness (QED) is 0.666. The van der Waals surface area contributed by atoms with Crippen molar-refractivity contribution in [1.29, 1.82) is 0 Å². The van der Waals surface area contributed by atoms with Gasteiger partial charge in [0.2, 0.25) is 0 Å². The highest BCUT2D eigenvalue weighted by molar-refractivity contribution is 5.81. The molecule has 1 aromatic heterocycles. The number of benzene rings is 2. The molecule has 3 aromatic rings. The summed E-state index contributed by atoms with van der Waals surface area (Å²) in [7, 11) is 0. The van der Waals surface area contributed by atoms with Gasteiger partial charge < -0.3 is 10.2 Å². The predicted octanol–water partition coefficient (Wildman–Crippen LogP) is 5.39. The number of nitrogens with one attached hydrogen (secondary N) is 1. The maximum atomic E-state index is 5.09. The minimum atomic E-state index is 0.450. The summed E-state index contributed by atoms with van der Waals surface area (Å²) < 4.78 is 0. The number of hydrogen-bond donors (Lipinski definition) is 1. The SMILES string of the molecule is c1ccc2c(c1)CCCC2NCc1cc2ccccc2nc1N1CCCCC1. The third-order valence-corrected chi connectivity index (χ3v) is 6.34. The van der Waals surface area contributed by atoms with Crippen LogP contribution in [0, 0.1) is 0 Å². The Kier molecular flexibility index (Phi) is 5.01. The average Bonchev–Trinajstić information content (AvgIpc) is 2.77. The van der Waals surface area contributed by atoms with Crippen molar-refractivity contribution in [3.05, 3.63) is 71.3 Å². The zero-order valence-corrected chi connectivity index (χ0v) is 16.5. The molecule has 2 heterocycles. The summed E-state index contributed by atoms with van der Waals surface area (Å²) in [6, 6.07) is 20.3. The Bertz CT molecular complexity index is 959. The summed E-state index contributed by atoms with van der Waals surface area (Å²) >= 11 is 0. The van der Waals surface area contributed by atoms with Crippen molar-refractivity contribution in [2.75, 3.05) is 18.0 Å². The molecule has 0 bridgehead atoms. The number of rotatable bonds is 4. The molecule has 144 valence electrons. The zero-order valence-electron chi connectivity index (χ0n) is 16.5. The van der Waals surface area contributed by atoms with Crippen molar-refractivity contribution in [3.63, 3.8) is 0 Å². The molecule has 2 aliphatic rings. The molecule has 1 unspecified atom stereocenters. The molecule has 1 fully saturated rings. The van der Waals surface area contributed by atoms with Crippen LogP contribution in [0.2, 0.25) is 0 Å². The molecule has 3 nitrogen and oxygen atoms in total. The van der Waals surface area contributed by atoms with E-state index in [4.69, 9.17) is 4.98 Å². The van der Waals surface area contributed by atoms with E-state index in [-0.39, 0.29) is 0 Å². The zero-order chi connectivity index (χ0) is 18.8. The van der Waals surface area contributed by atoms with Crippen LogP contribution in [-0.4, -0.2) is 18.1 Å². The highest BCUT2D eigenvalue weighted by Crippen LogP contribution is 2.31. The Morgan fingerprint density at radius 2 is 1.75 bits per heavy atom. The van der Waals surface area contributed by atoms with Gasteiger partial charge >= 0.3 is 0 Å². The molecule has 0 spiro atoms. The molecular formula is C25H29N3. The van der Waals surface area contributed by atoms with Gasteiger partial charge in [0, 0.05) is 36.6 Å². The molecule has 28 heavy (non-hydrogen) atoms. The second-order valence-electron chi connectivity index (χ2n) is 8.24. The number of pyridine rings is 1. The molecule has 5 rings (SSSR count). The fourth-order valence-electron chi connectivity index (χ4n) is 4.86. The maximum absolute atomic E-state index is 5.09. The van der Waals surface area contributed by atoms with Gasteiger partial charge in [-0.1, -0.05) is 42.5 Å². The van der Waals surface area contributed by atoms with Gasteiger partial charge in [-0.05, 0) is 61.8 Å². The Balaban J connectivity index is 1.44. The first-order valence-corrected chi connectivity index (χ1v) is 10.8. The lowest BCUT2D eigenvalue weighted by molar-refractivity contribution is 0.458. The first kappa shape index (κ1) is 17.7. The third-order valence-electron chi connectivity index (χ3n) is 6.34. The molecule has 0 radical (unpaired) electrons. The number of piperidine rings is 1. The highest BCUT2D eigenvalue weighted by atomic mass is 15.2. The molecule has 0 saturated carbocycles.